The van der Waals surface area contributed by atoms with Crippen molar-refractivity contribution in [1.29, 1.82) is 0 Å². The van der Waals surface area contributed by atoms with Crippen molar-refractivity contribution in [3.63, 3.8) is 0 Å². The Kier molecular flexibility index (Phi) is 3.97. The molecule has 3 N–H and O–H groups in total. The highest BCUT2D eigenvalue weighted by molar-refractivity contribution is 5.89. The van der Waals surface area contributed by atoms with Crippen LogP contribution in [-0.4, -0.2) is 24.0 Å². The Morgan fingerprint density at radius 3 is 2.60 bits per heavy atom. The van der Waals surface area contributed by atoms with Crippen LogP contribution in [0.1, 0.15) is 13.8 Å². The molecule has 2 amide bonds. The summed E-state index contributed by atoms with van der Waals surface area (Å²) in [5.41, 5.74) is 6.98. The molecule has 0 atom stereocenters. The Balaban J connectivity index is 2.65. The molecule has 1 aromatic carbocycles. The Morgan fingerprint density at radius 2 is 2.07 bits per heavy atom. The summed E-state index contributed by atoms with van der Waals surface area (Å²) in [6, 6.07) is 7.06. The quantitative estimate of drug-likeness (QED) is 0.746. The number of benzene rings is 1. The fourth-order valence-electron chi connectivity index (χ4n) is 1.33. The number of amides is 2. The molecule has 4 heteroatoms. The number of anilines is 2. The molecule has 0 unspecified atom stereocenters. The molecule has 1 aromatic rings. The number of hydrogen-bond donors (Lipinski definition) is 2. The van der Waals surface area contributed by atoms with Gasteiger partial charge in [-0.3, -0.25) is 0 Å². The number of carbonyl (C=O) groups excluding carboxylic acids is 1. The summed E-state index contributed by atoms with van der Waals surface area (Å²) in [6.07, 6.45) is 0. The second-order valence-electron chi connectivity index (χ2n) is 3.23. The van der Waals surface area contributed by atoms with Crippen LogP contribution in [0.15, 0.2) is 24.3 Å². The van der Waals surface area contributed by atoms with Crippen LogP contribution in [0, 0.1) is 0 Å². The summed E-state index contributed by atoms with van der Waals surface area (Å²) in [7, 11) is 0. The number of carbonyl (C=O) groups is 1. The second-order valence-corrected chi connectivity index (χ2v) is 3.23. The van der Waals surface area contributed by atoms with Gasteiger partial charge in [-0.15, -0.1) is 0 Å². The van der Waals surface area contributed by atoms with Crippen molar-refractivity contribution in [2.45, 2.75) is 13.8 Å². The van der Waals surface area contributed by atoms with Gasteiger partial charge in [-0.05, 0) is 32.0 Å². The third-order valence-corrected chi connectivity index (χ3v) is 2.19. The van der Waals surface area contributed by atoms with Crippen LogP contribution in [-0.2, 0) is 0 Å². The summed E-state index contributed by atoms with van der Waals surface area (Å²) >= 11 is 0. The molecule has 0 aromatic heterocycles. The first-order valence-electron chi connectivity index (χ1n) is 5.08. The minimum Gasteiger partial charge on any atom is -0.399 e. The first kappa shape index (κ1) is 11.4. The second kappa shape index (κ2) is 5.24. The third-order valence-electron chi connectivity index (χ3n) is 2.19. The highest BCUT2D eigenvalue weighted by Crippen LogP contribution is 2.12. The van der Waals surface area contributed by atoms with Crippen molar-refractivity contribution >= 4 is 17.4 Å². The smallest absolute Gasteiger partial charge is 0.321 e. The molecule has 0 saturated carbocycles. The van der Waals surface area contributed by atoms with Gasteiger partial charge in [0.05, 0.1) is 0 Å². The van der Waals surface area contributed by atoms with Gasteiger partial charge >= 0.3 is 6.03 Å². The lowest BCUT2D eigenvalue weighted by Crippen LogP contribution is -2.34. The van der Waals surface area contributed by atoms with Crippen LogP contribution in [0.2, 0.25) is 0 Å². The average molecular weight is 207 g/mol. The Bertz CT molecular complexity index is 334. The van der Waals surface area contributed by atoms with Crippen molar-refractivity contribution in [2.75, 3.05) is 24.1 Å². The molecule has 0 saturated heterocycles. The summed E-state index contributed by atoms with van der Waals surface area (Å²) < 4.78 is 0. The monoisotopic (exact) mass is 207 g/mol. The molecule has 0 aliphatic carbocycles. The SMILES string of the molecule is CCN(CC)C(=O)Nc1cccc(N)c1. The van der Waals surface area contributed by atoms with Crippen LogP contribution in [0.25, 0.3) is 0 Å². The number of nitrogens with one attached hydrogen (secondary N) is 1. The van der Waals surface area contributed by atoms with Gasteiger partial charge in [0, 0.05) is 24.5 Å². The van der Waals surface area contributed by atoms with E-state index in [0.717, 1.165) is 5.69 Å². The lowest BCUT2D eigenvalue weighted by molar-refractivity contribution is 0.217. The molecule has 0 aliphatic rings. The third kappa shape index (κ3) is 3.16. The van der Waals surface area contributed by atoms with Gasteiger partial charge in [0.15, 0.2) is 0 Å². The first-order valence-corrected chi connectivity index (χ1v) is 5.08. The van der Waals surface area contributed by atoms with E-state index >= 15 is 0 Å². The van der Waals surface area contributed by atoms with Gasteiger partial charge in [0.2, 0.25) is 0 Å². The number of urea groups is 1. The maximum Gasteiger partial charge on any atom is 0.321 e. The highest BCUT2D eigenvalue weighted by atomic mass is 16.2. The Morgan fingerprint density at radius 1 is 1.40 bits per heavy atom. The molecule has 0 radical (unpaired) electrons. The molecule has 82 valence electrons. The van der Waals surface area contributed by atoms with Gasteiger partial charge in [-0.2, -0.15) is 0 Å². The molecule has 4 nitrogen and oxygen atoms in total. The fourth-order valence-corrected chi connectivity index (χ4v) is 1.33. The number of rotatable bonds is 3. The van der Waals surface area contributed by atoms with E-state index in [1.54, 1.807) is 17.0 Å². The molecular weight excluding hydrogens is 190 g/mol. The Hall–Kier alpha value is -1.71. The van der Waals surface area contributed by atoms with E-state index in [9.17, 15) is 4.79 Å². The lowest BCUT2D eigenvalue weighted by atomic mass is 10.3. The molecule has 0 bridgehead atoms. The summed E-state index contributed by atoms with van der Waals surface area (Å²) in [5, 5.41) is 2.79. The van der Waals surface area contributed by atoms with E-state index in [1.807, 2.05) is 26.0 Å². The number of nitrogens with two attached hydrogens (primary N) is 1. The average Bonchev–Trinajstić information content (AvgIpc) is 2.19. The van der Waals surface area contributed by atoms with Crippen molar-refractivity contribution in [1.82, 2.24) is 4.90 Å². The molecule has 15 heavy (non-hydrogen) atoms. The van der Waals surface area contributed by atoms with Gasteiger partial charge in [-0.25, -0.2) is 4.79 Å². The number of nitrogen functional groups attached to an aromatic ring is 1. The van der Waals surface area contributed by atoms with Gasteiger partial charge in [0.1, 0.15) is 0 Å². The van der Waals surface area contributed by atoms with Crippen LogP contribution < -0.4 is 11.1 Å². The fraction of sp³-hybridized carbons (Fsp3) is 0.364. The maximum absolute atomic E-state index is 11.7. The van der Waals surface area contributed by atoms with E-state index in [-0.39, 0.29) is 6.03 Å². The van der Waals surface area contributed by atoms with Crippen LogP contribution >= 0.6 is 0 Å². The zero-order valence-corrected chi connectivity index (χ0v) is 9.16. The van der Waals surface area contributed by atoms with Crippen molar-refractivity contribution < 1.29 is 4.79 Å². The molecule has 1 rings (SSSR count). The van der Waals surface area contributed by atoms with Crippen molar-refractivity contribution in [3.8, 4) is 0 Å². The number of hydrogen-bond acceptors (Lipinski definition) is 2. The number of nitrogens with zero attached hydrogens (tertiary/aromatic N) is 1. The van der Waals surface area contributed by atoms with Gasteiger partial charge in [-0.1, -0.05) is 6.07 Å². The van der Waals surface area contributed by atoms with E-state index in [0.29, 0.717) is 18.8 Å². The summed E-state index contributed by atoms with van der Waals surface area (Å²) in [4.78, 5) is 13.4. The standard InChI is InChI=1S/C11H17N3O/c1-3-14(4-2)11(15)13-10-7-5-6-9(12)8-10/h5-8H,3-4,12H2,1-2H3,(H,13,15). The van der Waals surface area contributed by atoms with Crippen molar-refractivity contribution in [2.24, 2.45) is 0 Å². The van der Waals surface area contributed by atoms with Crippen LogP contribution in [0.4, 0.5) is 16.2 Å². The summed E-state index contributed by atoms with van der Waals surface area (Å²) in [6.45, 7) is 5.29. The van der Waals surface area contributed by atoms with Crippen molar-refractivity contribution in [3.05, 3.63) is 24.3 Å². The highest BCUT2D eigenvalue weighted by Gasteiger charge is 2.08. The zero-order valence-electron chi connectivity index (χ0n) is 9.16. The minimum absolute atomic E-state index is 0.0920. The molecule has 0 heterocycles. The molecular formula is C11H17N3O. The van der Waals surface area contributed by atoms with E-state index < -0.39 is 0 Å². The van der Waals surface area contributed by atoms with Crippen LogP contribution in [0.3, 0.4) is 0 Å². The maximum atomic E-state index is 11.7. The van der Waals surface area contributed by atoms with Gasteiger partial charge in [0.25, 0.3) is 0 Å². The largest absolute Gasteiger partial charge is 0.399 e. The zero-order chi connectivity index (χ0) is 11.3. The van der Waals surface area contributed by atoms with E-state index in [4.69, 9.17) is 5.73 Å². The predicted molar refractivity (Wildman–Crippen MR) is 62.8 cm³/mol. The van der Waals surface area contributed by atoms with Crippen LogP contribution in [0.5, 0.6) is 0 Å². The van der Waals surface area contributed by atoms with Gasteiger partial charge < -0.3 is 16.0 Å². The molecule has 0 fully saturated rings. The molecule has 0 spiro atoms. The summed E-state index contributed by atoms with van der Waals surface area (Å²) in [5.74, 6) is 0. The first-order chi connectivity index (χ1) is 7.17. The molecule has 0 aliphatic heterocycles. The van der Waals surface area contributed by atoms with E-state index in [2.05, 4.69) is 5.32 Å². The normalized spacial score (nSPS) is 9.73. The lowest BCUT2D eigenvalue weighted by Gasteiger charge is -2.19. The topological polar surface area (TPSA) is 58.4 Å². The Labute approximate surface area is 90.1 Å². The van der Waals surface area contributed by atoms with E-state index in [1.165, 1.54) is 0 Å². The predicted octanol–water partition coefficient (Wildman–Crippen LogP) is 2.14. The minimum atomic E-state index is -0.0920.